The summed E-state index contributed by atoms with van der Waals surface area (Å²) in [5.41, 5.74) is 1.27. The van der Waals surface area contributed by atoms with Crippen molar-refractivity contribution in [2.45, 2.75) is 31.1 Å². The third kappa shape index (κ3) is 4.69. The zero-order valence-electron chi connectivity index (χ0n) is 15.7. The van der Waals surface area contributed by atoms with Crippen LogP contribution in [0.4, 0.5) is 15.8 Å². The van der Waals surface area contributed by atoms with E-state index in [9.17, 15) is 17.6 Å². The molecule has 0 bridgehead atoms. The van der Waals surface area contributed by atoms with Gasteiger partial charge in [0.1, 0.15) is 10.7 Å². The summed E-state index contributed by atoms with van der Waals surface area (Å²) < 4.78 is 41.3. The molecule has 1 fully saturated rings. The number of carbonyl (C=O) groups excluding carboxylic acids is 1. The average molecular weight is 405 g/mol. The van der Waals surface area contributed by atoms with E-state index in [1.54, 1.807) is 12.1 Å². The van der Waals surface area contributed by atoms with Gasteiger partial charge in [-0.2, -0.15) is 0 Å². The van der Waals surface area contributed by atoms with Gasteiger partial charge >= 0.3 is 0 Å². The Kier molecular flexibility index (Phi) is 6.31. The van der Waals surface area contributed by atoms with Crippen molar-refractivity contribution in [3.63, 3.8) is 0 Å². The quantitative estimate of drug-likeness (QED) is 0.740. The van der Waals surface area contributed by atoms with Crippen molar-refractivity contribution in [2.75, 3.05) is 29.9 Å². The number of hydrogen-bond donors (Lipinski definition) is 2. The Bertz CT molecular complexity index is 940. The number of rotatable bonds is 7. The summed E-state index contributed by atoms with van der Waals surface area (Å²) in [4.78, 5) is 14.7. The van der Waals surface area contributed by atoms with E-state index in [1.165, 1.54) is 30.3 Å². The molecule has 2 aromatic rings. The maximum absolute atomic E-state index is 13.0. The van der Waals surface area contributed by atoms with Crippen molar-refractivity contribution < 1.29 is 17.6 Å². The molecule has 1 heterocycles. The second-order valence-corrected chi connectivity index (χ2v) is 8.47. The Morgan fingerprint density at radius 3 is 2.43 bits per heavy atom. The van der Waals surface area contributed by atoms with Gasteiger partial charge in [0.2, 0.25) is 10.0 Å². The molecule has 2 N–H and O–H groups in total. The van der Waals surface area contributed by atoms with Crippen molar-refractivity contribution >= 4 is 27.3 Å². The largest absolute Gasteiger partial charge is 0.370 e. The van der Waals surface area contributed by atoms with Gasteiger partial charge in [-0.05, 0) is 61.7 Å². The molecule has 1 saturated heterocycles. The highest BCUT2D eigenvalue weighted by atomic mass is 32.2. The summed E-state index contributed by atoms with van der Waals surface area (Å²) in [5.74, 6) is -0.852. The molecule has 2 aromatic carbocycles. The molecule has 0 spiro atoms. The molecule has 150 valence electrons. The number of sulfonamides is 1. The van der Waals surface area contributed by atoms with Gasteiger partial charge in [0.15, 0.2) is 0 Å². The van der Waals surface area contributed by atoms with Gasteiger partial charge in [0.25, 0.3) is 5.91 Å². The van der Waals surface area contributed by atoms with Crippen LogP contribution < -0.4 is 14.9 Å². The van der Waals surface area contributed by atoms with E-state index in [0.717, 1.165) is 25.9 Å². The number of halogens is 1. The fourth-order valence-electron chi connectivity index (χ4n) is 3.14. The molecule has 0 aliphatic carbocycles. The predicted molar refractivity (Wildman–Crippen MR) is 108 cm³/mol. The predicted octanol–water partition coefficient (Wildman–Crippen LogP) is 3.37. The minimum Gasteiger partial charge on any atom is -0.370 e. The first-order valence-electron chi connectivity index (χ1n) is 9.36. The number of amides is 1. The number of nitrogens with zero attached hydrogens (tertiary/aromatic N) is 1. The van der Waals surface area contributed by atoms with Crippen LogP contribution in [0.15, 0.2) is 47.4 Å². The Balaban J connectivity index is 1.93. The summed E-state index contributed by atoms with van der Waals surface area (Å²) in [6.45, 7) is 3.79. The van der Waals surface area contributed by atoms with Crippen molar-refractivity contribution in [3.8, 4) is 0 Å². The van der Waals surface area contributed by atoms with Gasteiger partial charge in [-0.15, -0.1) is 0 Å². The summed E-state index contributed by atoms with van der Waals surface area (Å²) in [6, 6.07) is 10.1. The molecule has 1 aliphatic rings. The molecule has 3 rings (SSSR count). The van der Waals surface area contributed by atoms with E-state index < -0.39 is 21.7 Å². The lowest BCUT2D eigenvalue weighted by Crippen LogP contribution is -2.28. The molecule has 0 atom stereocenters. The Hall–Kier alpha value is -2.45. The highest BCUT2D eigenvalue weighted by Crippen LogP contribution is 2.29. The van der Waals surface area contributed by atoms with Crippen LogP contribution in [0, 0.1) is 5.82 Å². The Morgan fingerprint density at radius 1 is 1.11 bits per heavy atom. The normalized spacial score (nSPS) is 14.3. The maximum Gasteiger partial charge on any atom is 0.255 e. The summed E-state index contributed by atoms with van der Waals surface area (Å²) >= 11 is 0. The zero-order chi connectivity index (χ0) is 20.1. The minimum atomic E-state index is -3.75. The zero-order valence-corrected chi connectivity index (χ0v) is 16.6. The Labute approximate surface area is 164 Å². The number of carbonyl (C=O) groups is 1. The van der Waals surface area contributed by atoms with E-state index in [-0.39, 0.29) is 10.5 Å². The SMILES string of the molecule is CCCNS(=O)(=O)c1cc(C(=O)Nc2ccc(F)cc2)ccc1N1CCCC1. The monoisotopic (exact) mass is 405 g/mol. The first-order chi connectivity index (χ1) is 13.4. The number of anilines is 2. The van der Waals surface area contributed by atoms with Crippen molar-refractivity contribution in [1.29, 1.82) is 0 Å². The fraction of sp³-hybridized carbons (Fsp3) is 0.350. The van der Waals surface area contributed by atoms with E-state index in [4.69, 9.17) is 0 Å². The van der Waals surface area contributed by atoms with Crippen LogP contribution in [0.1, 0.15) is 36.5 Å². The topological polar surface area (TPSA) is 78.5 Å². The molecule has 0 unspecified atom stereocenters. The van der Waals surface area contributed by atoms with Crippen LogP contribution in [0.3, 0.4) is 0 Å². The van der Waals surface area contributed by atoms with E-state index in [0.29, 0.717) is 24.3 Å². The fourth-order valence-corrected chi connectivity index (χ4v) is 4.52. The molecule has 1 aliphatic heterocycles. The van der Waals surface area contributed by atoms with Gasteiger partial charge in [0, 0.05) is 30.9 Å². The van der Waals surface area contributed by atoms with Crippen LogP contribution in [0.5, 0.6) is 0 Å². The lowest BCUT2D eigenvalue weighted by Gasteiger charge is -2.22. The van der Waals surface area contributed by atoms with Crippen LogP contribution in [-0.4, -0.2) is 34.0 Å². The van der Waals surface area contributed by atoms with Crippen LogP contribution in [0.2, 0.25) is 0 Å². The highest BCUT2D eigenvalue weighted by molar-refractivity contribution is 7.89. The second kappa shape index (κ2) is 8.70. The number of benzene rings is 2. The van der Waals surface area contributed by atoms with Gasteiger partial charge in [0.05, 0.1) is 5.69 Å². The maximum atomic E-state index is 13.0. The van der Waals surface area contributed by atoms with Gasteiger partial charge in [-0.25, -0.2) is 17.5 Å². The van der Waals surface area contributed by atoms with E-state index in [1.807, 2.05) is 11.8 Å². The minimum absolute atomic E-state index is 0.106. The summed E-state index contributed by atoms with van der Waals surface area (Å²) in [6.07, 6.45) is 2.69. The molecule has 28 heavy (non-hydrogen) atoms. The summed E-state index contributed by atoms with van der Waals surface area (Å²) in [5, 5.41) is 2.66. The molecule has 0 aromatic heterocycles. The highest BCUT2D eigenvalue weighted by Gasteiger charge is 2.25. The number of nitrogens with one attached hydrogen (secondary N) is 2. The lowest BCUT2D eigenvalue weighted by molar-refractivity contribution is 0.102. The van der Waals surface area contributed by atoms with Crippen LogP contribution >= 0.6 is 0 Å². The van der Waals surface area contributed by atoms with E-state index in [2.05, 4.69) is 10.0 Å². The smallest absolute Gasteiger partial charge is 0.255 e. The molecular weight excluding hydrogens is 381 g/mol. The van der Waals surface area contributed by atoms with Gasteiger partial charge in [-0.3, -0.25) is 4.79 Å². The molecule has 0 saturated carbocycles. The van der Waals surface area contributed by atoms with Crippen molar-refractivity contribution in [2.24, 2.45) is 0 Å². The summed E-state index contributed by atoms with van der Waals surface area (Å²) in [7, 11) is -3.75. The molecule has 6 nitrogen and oxygen atoms in total. The first kappa shape index (κ1) is 20.3. The second-order valence-electron chi connectivity index (χ2n) is 6.74. The van der Waals surface area contributed by atoms with E-state index >= 15 is 0 Å². The molecule has 8 heteroatoms. The molecular formula is C20H24FN3O3S. The third-order valence-corrected chi connectivity index (χ3v) is 6.09. The first-order valence-corrected chi connectivity index (χ1v) is 10.8. The average Bonchev–Trinajstić information content (AvgIpc) is 3.22. The standard InChI is InChI=1S/C20H24FN3O3S/c1-2-11-22-28(26,27)19-14-15(5-10-18(19)24-12-3-4-13-24)20(25)23-17-8-6-16(21)7-9-17/h5-10,14,22H,2-4,11-13H2,1H3,(H,23,25). The molecule has 0 radical (unpaired) electrons. The number of hydrogen-bond acceptors (Lipinski definition) is 4. The van der Waals surface area contributed by atoms with Gasteiger partial charge in [-0.1, -0.05) is 6.92 Å². The van der Waals surface area contributed by atoms with Crippen molar-refractivity contribution in [3.05, 3.63) is 53.8 Å². The van der Waals surface area contributed by atoms with Crippen molar-refractivity contribution in [1.82, 2.24) is 4.72 Å². The van der Waals surface area contributed by atoms with Gasteiger partial charge < -0.3 is 10.2 Å². The third-order valence-electron chi connectivity index (χ3n) is 4.60. The lowest BCUT2D eigenvalue weighted by atomic mass is 10.1. The van der Waals surface area contributed by atoms with Crippen LogP contribution in [0.25, 0.3) is 0 Å². The van der Waals surface area contributed by atoms with Crippen LogP contribution in [-0.2, 0) is 10.0 Å². The molecule has 1 amide bonds. The Morgan fingerprint density at radius 2 is 1.79 bits per heavy atom.